The zero-order chi connectivity index (χ0) is 35.4. The van der Waals surface area contributed by atoms with Crippen LogP contribution in [-0.4, -0.2) is 72.8 Å². The van der Waals surface area contributed by atoms with Crippen LogP contribution in [0, 0.1) is 17.3 Å². The van der Waals surface area contributed by atoms with Crippen molar-refractivity contribution >= 4 is 18.0 Å². The van der Waals surface area contributed by atoms with Crippen molar-refractivity contribution in [3.8, 4) is 5.75 Å². The summed E-state index contributed by atoms with van der Waals surface area (Å²) in [6.45, 7) is 19.8. The maximum absolute atomic E-state index is 14.9. The number of amides is 2. The number of esters is 1. The summed E-state index contributed by atoms with van der Waals surface area (Å²) >= 11 is 0. The number of nitrogens with zero attached hydrogens (tertiary/aromatic N) is 2. The first kappa shape index (κ1) is 37.2. The van der Waals surface area contributed by atoms with Crippen LogP contribution in [0.1, 0.15) is 97.9 Å². The van der Waals surface area contributed by atoms with Crippen LogP contribution in [0.15, 0.2) is 48.5 Å². The van der Waals surface area contributed by atoms with E-state index in [1.807, 2.05) is 50.2 Å². The average molecular weight is 664 g/mol. The molecule has 9 nitrogen and oxygen atoms in total. The molecule has 0 spiro atoms. The molecule has 0 saturated carbocycles. The maximum Gasteiger partial charge on any atom is 0.410 e. The summed E-state index contributed by atoms with van der Waals surface area (Å²) in [7, 11) is 1.68. The Morgan fingerprint density at radius 2 is 1.69 bits per heavy atom. The van der Waals surface area contributed by atoms with Gasteiger partial charge < -0.3 is 29.3 Å². The van der Waals surface area contributed by atoms with Crippen molar-refractivity contribution in [2.24, 2.45) is 17.3 Å². The van der Waals surface area contributed by atoms with Crippen molar-refractivity contribution < 1.29 is 28.6 Å². The summed E-state index contributed by atoms with van der Waals surface area (Å²) in [6.07, 6.45) is 0.618. The second kappa shape index (κ2) is 15.3. The predicted molar refractivity (Wildman–Crippen MR) is 188 cm³/mol. The molecule has 0 aliphatic carbocycles. The molecular weight excluding hydrogens is 606 g/mol. The third-order valence-electron chi connectivity index (χ3n) is 9.63. The molecule has 2 aliphatic heterocycles. The van der Waals surface area contributed by atoms with E-state index in [0.29, 0.717) is 25.9 Å². The Labute approximate surface area is 287 Å². The van der Waals surface area contributed by atoms with E-state index < -0.39 is 35.5 Å². The lowest BCUT2D eigenvalue weighted by Gasteiger charge is -2.38. The van der Waals surface area contributed by atoms with Crippen molar-refractivity contribution in [3.63, 3.8) is 0 Å². The molecule has 2 fully saturated rings. The van der Waals surface area contributed by atoms with Gasteiger partial charge in [-0.05, 0) is 61.6 Å². The van der Waals surface area contributed by atoms with E-state index >= 15 is 0 Å². The zero-order valence-corrected chi connectivity index (χ0v) is 30.7. The molecule has 2 aromatic rings. The number of ether oxygens (including phenoxy) is 3. The third kappa shape index (κ3) is 8.33. The van der Waals surface area contributed by atoms with Crippen LogP contribution in [0.3, 0.4) is 0 Å². The number of nitrogens with one attached hydrogen (secondary N) is 1. The molecule has 48 heavy (non-hydrogen) atoms. The van der Waals surface area contributed by atoms with E-state index in [-0.39, 0.29) is 42.5 Å². The molecule has 0 unspecified atom stereocenters. The summed E-state index contributed by atoms with van der Waals surface area (Å²) in [5.74, 6) is -0.551. The van der Waals surface area contributed by atoms with E-state index in [1.165, 1.54) is 5.56 Å². The van der Waals surface area contributed by atoms with Gasteiger partial charge in [0.2, 0.25) is 5.91 Å². The smallest absolute Gasteiger partial charge is 0.410 e. The van der Waals surface area contributed by atoms with Gasteiger partial charge in [-0.1, -0.05) is 84.0 Å². The van der Waals surface area contributed by atoms with Crippen molar-refractivity contribution in [1.29, 1.82) is 0 Å². The van der Waals surface area contributed by atoms with E-state index in [1.54, 1.807) is 23.8 Å². The minimum absolute atomic E-state index is 0.0530. The van der Waals surface area contributed by atoms with E-state index in [9.17, 15) is 14.4 Å². The third-order valence-corrected chi connectivity index (χ3v) is 9.63. The summed E-state index contributed by atoms with van der Waals surface area (Å²) in [5.41, 5.74) is 2.69. The minimum atomic E-state index is -0.832. The molecule has 2 aliphatic rings. The maximum atomic E-state index is 14.9. The molecular formula is C39H57N3O6. The molecule has 0 bridgehead atoms. The number of hydrogen-bond acceptors (Lipinski definition) is 7. The number of carbonyl (C=O) groups excluding carboxylic acids is 3. The molecule has 9 heteroatoms. The second-order valence-electron chi connectivity index (χ2n) is 15.6. The van der Waals surface area contributed by atoms with Gasteiger partial charge in [0.1, 0.15) is 11.8 Å². The van der Waals surface area contributed by atoms with Gasteiger partial charge in [-0.2, -0.15) is 0 Å². The Morgan fingerprint density at radius 3 is 2.27 bits per heavy atom. The monoisotopic (exact) mass is 663 g/mol. The molecule has 2 saturated heterocycles. The van der Waals surface area contributed by atoms with Gasteiger partial charge in [0, 0.05) is 37.2 Å². The Hall–Kier alpha value is -3.59. The van der Waals surface area contributed by atoms with Crippen molar-refractivity contribution in [1.82, 2.24) is 15.1 Å². The van der Waals surface area contributed by atoms with Crippen LogP contribution in [-0.2, 0) is 31.0 Å². The largest absolute Gasteiger partial charge is 0.496 e. The number of benzene rings is 2. The fourth-order valence-electron chi connectivity index (χ4n) is 7.39. The highest BCUT2D eigenvalue weighted by molar-refractivity contribution is 5.88. The van der Waals surface area contributed by atoms with E-state index in [2.05, 4.69) is 59.0 Å². The molecule has 2 aromatic carbocycles. The number of rotatable bonds is 9. The normalized spacial score (nSPS) is 23.3. The first-order valence-corrected chi connectivity index (χ1v) is 17.5. The topological polar surface area (TPSA) is 97.4 Å². The Morgan fingerprint density at radius 1 is 1.00 bits per heavy atom. The lowest BCUT2D eigenvalue weighted by Crippen LogP contribution is -2.52. The number of carbonyl (C=O) groups is 3. The van der Waals surface area contributed by atoms with Gasteiger partial charge in [0.05, 0.1) is 31.8 Å². The minimum Gasteiger partial charge on any atom is -0.496 e. The first-order chi connectivity index (χ1) is 22.6. The van der Waals surface area contributed by atoms with Crippen molar-refractivity contribution in [2.75, 3.05) is 26.8 Å². The Kier molecular flexibility index (Phi) is 11.9. The average Bonchev–Trinajstić information content (AvgIpc) is 3.39. The van der Waals surface area contributed by atoms with Gasteiger partial charge in [0.15, 0.2) is 0 Å². The fraction of sp³-hybridized carbons (Fsp3) is 0.615. The molecule has 0 aromatic heterocycles. The van der Waals surface area contributed by atoms with Crippen LogP contribution < -0.4 is 10.1 Å². The Bertz CT molecular complexity index is 1410. The van der Waals surface area contributed by atoms with Crippen LogP contribution in [0.2, 0.25) is 0 Å². The van der Waals surface area contributed by atoms with Gasteiger partial charge in [0.25, 0.3) is 0 Å². The summed E-state index contributed by atoms with van der Waals surface area (Å²) in [4.78, 5) is 45.4. The SMILES string of the molecule is CCOC(=O)[C@@H]1[C@@H](C(C)(C)C)[C@H](NCc2cc(C(C)(C)C)ccc2OC)[C@H](c2ccccc2)N1C(=O)[C@@H]1CCCN(C(=O)OC(C)C)C1. The summed E-state index contributed by atoms with van der Waals surface area (Å²) in [6, 6.07) is 14.7. The summed E-state index contributed by atoms with van der Waals surface area (Å²) < 4.78 is 17.0. The van der Waals surface area contributed by atoms with Crippen molar-refractivity contribution in [3.05, 3.63) is 65.2 Å². The van der Waals surface area contributed by atoms with Crippen LogP contribution in [0.5, 0.6) is 5.75 Å². The van der Waals surface area contributed by atoms with Crippen LogP contribution in [0.25, 0.3) is 0 Å². The highest BCUT2D eigenvalue weighted by Gasteiger charge is 2.59. The lowest BCUT2D eigenvalue weighted by molar-refractivity contribution is -0.159. The zero-order valence-electron chi connectivity index (χ0n) is 30.7. The van der Waals surface area contributed by atoms with Gasteiger partial charge >= 0.3 is 12.1 Å². The number of likely N-dealkylation sites (tertiary alicyclic amines) is 2. The highest BCUT2D eigenvalue weighted by Crippen LogP contribution is 2.49. The molecule has 264 valence electrons. The molecule has 1 N–H and O–H groups in total. The predicted octanol–water partition coefficient (Wildman–Crippen LogP) is 6.89. The molecule has 5 atom stereocenters. The standard InChI is InChI=1S/C39H57N3O6/c1-11-47-36(44)34-31(39(7,8)9)32(40-23-28-22-29(38(4,5)6)19-20-30(28)46-10)33(26-16-13-12-14-17-26)42(34)35(43)27-18-15-21-41(24-27)37(45)48-25(2)3/h12-14,16-17,19-20,22,25,27,31-34,40H,11,15,18,21,23-24H2,1-10H3/t27-,31+,32+,33+,34+/m1/s1. The lowest BCUT2D eigenvalue weighted by atomic mass is 9.72. The van der Waals surface area contributed by atoms with Crippen LogP contribution in [0.4, 0.5) is 4.79 Å². The fourth-order valence-corrected chi connectivity index (χ4v) is 7.39. The van der Waals surface area contributed by atoms with Gasteiger partial charge in [-0.25, -0.2) is 9.59 Å². The van der Waals surface area contributed by atoms with E-state index in [4.69, 9.17) is 14.2 Å². The highest BCUT2D eigenvalue weighted by atomic mass is 16.6. The first-order valence-electron chi connectivity index (χ1n) is 17.5. The van der Waals surface area contributed by atoms with Gasteiger partial charge in [-0.3, -0.25) is 4.79 Å². The number of hydrogen-bond donors (Lipinski definition) is 1. The molecule has 4 rings (SSSR count). The van der Waals surface area contributed by atoms with Crippen LogP contribution >= 0.6 is 0 Å². The number of piperidine rings is 1. The second-order valence-corrected chi connectivity index (χ2v) is 15.6. The molecule has 2 amide bonds. The quantitative estimate of drug-likeness (QED) is 0.292. The molecule has 2 heterocycles. The van der Waals surface area contributed by atoms with E-state index in [0.717, 1.165) is 16.9 Å². The Balaban J connectivity index is 1.82. The summed E-state index contributed by atoms with van der Waals surface area (Å²) in [5, 5.41) is 3.85. The molecule has 0 radical (unpaired) electrons. The number of methoxy groups -OCH3 is 1. The van der Waals surface area contributed by atoms with Crippen molar-refractivity contribution in [2.45, 2.75) is 111 Å². The van der Waals surface area contributed by atoms with Gasteiger partial charge in [-0.15, -0.1) is 0 Å².